The lowest BCUT2D eigenvalue weighted by Crippen LogP contribution is -2.13. The number of rotatable bonds is 7. The van der Waals surface area contributed by atoms with E-state index in [-0.39, 0.29) is 5.91 Å². The third kappa shape index (κ3) is 4.74. The smallest absolute Gasteiger partial charge is 0.224 e. The number of nitrogens with one attached hydrogen (secondary N) is 1. The monoisotopic (exact) mass is 312 g/mol. The summed E-state index contributed by atoms with van der Waals surface area (Å²) >= 11 is 0. The highest BCUT2D eigenvalue weighted by Crippen LogP contribution is 2.23. The molecule has 0 aliphatic heterocycles. The Balaban J connectivity index is 1.93. The van der Waals surface area contributed by atoms with Crippen molar-refractivity contribution in [1.82, 2.24) is 0 Å². The lowest BCUT2D eigenvalue weighted by Gasteiger charge is -2.11. The molecule has 0 saturated carbocycles. The number of anilines is 2. The van der Waals surface area contributed by atoms with Crippen LogP contribution in [-0.2, 0) is 17.6 Å². The lowest BCUT2D eigenvalue weighted by molar-refractivity contribution is -0.116. The first-order valence-corrected chi connectivity index (χ1v) is 8.03. The molecule has 2 rings (SSSR count). The van der Waals surface area contributed by atoms with Gasteiger partial charge in [-0.05, 0) is 49.1 Å². The molecule has 0 aliphatic rings. The van der Waals surface area contributed by atoms with Gasteiger partial charge in [-0.2, -0.15) is 0 Å². The summed E-state index contributed by atoms with van der Waals surface area (Å²) in [5.74, 6) is 0.705. The van der Waals surface area contributed by atoms with E-state index in [1.54, 1.807) is 0 Å². The van der Waals surface area contributed by atoms with Crippen molar-refractivity contribution < 1.29 is 9.53 Å². The van der Waals surface area contributed by atoms with Crippen molar-refractivity contribution in [3.63, 3.8) is 0 Å². The van der Waals surface area contributed by atoms with Gasteiger partial charge in [-0.3, -0.25) is 4.79 Å². The quantitative estimate of drug-likeness (QED) is 0.764. The molecular weight excluding hydrogens is 288 g/mol. The molecule has 0 radical (unpaired) electrons. The second-order valence-electron chi connectivity index (χ2n) is 5.36. The Bertz CT molecular complexity index is 668. The molecule has 0 aromatic heterocycles. The Labute approximate surface area is 137 Å². The molecule has 0 bridgehead atoms. The Hall–Kier alpha value is -2.49. The first-order chi connectivity index (χ1) is 11.1. The fraction of sp³-hybridized carbons (Fsp3) is 0.316. The number of aryl methyl sites for hydroxylation is 2. The number of para-hydroxylation sites is 1. The van der Waals surface area contributed by atoms with Crippen LogP contribution in [0.4, 0.5) is 11.4 Å². The van der Waals surface area contributed by atoms with Crippen molar-refractivity contribution >= 4 is 17.3 Å². The summed E-state index contributed by atoms with van der Waals surface area (Å²) in [6.45, 7) is 4.59. The average Bonchev–Trinajstić information content (AvgIpc) is 2.56. The Kier molecular flexibility index (Phi) is 6.03. The molecule has 122 valence electrons. The van der Waals surface area contributed by atoms with Gasteiger partial charge in [0.2, 0.25) is 5.91 Å². The maximum Gasteiger partial charge on any atom is 0.224 e. The van der Waals surface area contributed by atoms with Crippen LogP contribution < -0.4 is 15.8 Å². The van der Waals surface area contributed by atoms with Gasteiger partial charge in [-0.25, -0.2) is 0 Å². The third-order valence-electron chi connectivity index (χ3n) is 3.69. The van der Waals surface area contributed by atoms with Gasteiger partial charge in [0, 0.05) is 12.1 Å². The number of benzene rings is 2. The summed E-state index contributed by atoms with van der Waals surface area (Å²) in [6.07, 6.45) is 1.97. The summed E-state index contributed by atoms with van der Waals surface area (Å²) in [6, 6.07) is 13.6. The number of hydrogen-bond acceptors (Lipinski definition) is 3. The molecule has 4 nitrogen and oxygen atoms in total. The molecule has 0 heterocycles. The van der Waals surface area contributed by atoms with Crippen LogP contribution in [0.5, 0.6) is 5.75 Å². The summed E-state index contributed by atoms with van der Waals surface area (Å²) in [7, 11) is 0. The first kappa shape index (κ1) is 16.9. The van der Waals surface area contributed by atoms with Crippen LogP contribution in [0, 0.1) is 0 Å². The molecule has 23 heavy (non-hydrogen) atoms. The van der Waals surface area contributed by atoms with Gasteiger partial charge < -0.3 is 15.8 Å². The normalized spacial score (nSPS) is 10.3. The van der Waals surface area contributed by atoms with E-state index in [9.17, 15) is 4.79 Å². The molecule has 0 saturated heterocycles. The molecule has 1 amide bonds. The van der Waals surface area contributed by atoms with E-state index in [0.717, 1.165) is 23.2 Å². The van der Waals surface area contributed by atoms with Crippen LogP contribution >= 0.6 is 0 Å². The van der Waals surface area contributed by atoms with Crippen molar-refractivity contribution in [2.45, 2.75) is 33.1 Å². The van der Waals surface area contributed by atoms with Crippen LogP contribution in [0.25, 0.3) is 0 Å². The number of hydrogen-bond donors (Lipinski definition) is 2. The van der Waals surface area contributed by atoms with Gasteiger partial charge in [-0.1, -0.05) is 31.2 Å². The molecule has 0 spiro atoms. The highest BCUT2D eigenvalue weighted by atomic mass is 16.5. The van der Waals surface area contributed by atoms with Crippen molar-refractivity contribution in [1.29, 1.82) is 0 Å². The lowest BCUT2D eigenvalue weighted by atomic mass is 10.1. The molecule has 0 fully saturated rings. The zero-order valence-corrected chi connectivity index (χ0v) is 13.8. The molecule has 2 aromatic rings. The fourth-order valence-corrected chi connectivity index (χ4v) is 2.46. The zero-order chi connectivity index (χ0) is 16.7. The second-order valence-corrected chi connectivity index (χ2v) is 5.36. The maximum atomic E-state index is 12.1. The second kappa shape index (κ2) is 8.22. The van der Waals surface area contributed by atoms with Crippen molar-refractivity contribution in [2.75, 3.05) is 17.7 Å². The van der Waals surface area contributed by atoms with E-state index in [1.165, 1.54) is 0 Å². The third-order valence-corrected chi connectivity index (χ3v) is 3.69. The predicted octanol–water partition coefficient (Wildman–Crippen LogP) is 3.80. The standard InChI is InChI=1S/C19H24N2O2/c1-3-15-7-5-6-8-17(15)21-19(22)12-10-14-9-11-18(23-4-2)16(20)13-14/h5-9,11,13H,3-4,10,12,20H2,1-2H3,(H,21,22). The van der Waals surface area contributed by atoms with E-state index in [2.05, 4.69) is 12.2 Å². The minimum absolute atomic E-state index is 0.0124. The minimum Gasteiger partial charge on any atom is -0.492 e. The number of ether oxygens (including phenoxy) is 1. The highest BCUT2D eigenvalue weighted by Gasteiger charge is 2.07. The Morgan fingerprint density at radius 1 is 1.17 bits per heavy atom. The van der Waals surface area contributed by atoms with E-state index >= 15 is 0 Å². The number of carbonyl (C=O) groups is 1. The van der Waals surface area contributed by atoms with Crippen LogP contribution in [0.3, 0.4) is 0 Å². The SMILES string of the molecule is CCOc1ccc(CCC(=O)Nc2ccccc2CC)cc1N. The van der Waals surface area contributed by atoms with Crippen LogP contribution in [0.1, 0.15) is 31.4 Å². The molecule has 4 heteroatoms. The summed E-state index contributed by atoms with van der Waals surface area (Å²) in [4.78, 5) is 12.1. The van der Waals surface area contributed by atoms with E-state index in [0.29, 0.717) is 30.9 Å². The van der Waals surface area contributed by atoms with E-state index in [4.69, 9.17) is 10.5 Å². The Morgan fingerprint density at radius 3 is 2.65 bits per heavy atom. The van der Waals surface area contributed by atoms with E-state index in [1.807, 2.05) is 49.4 Å². The highest BCUT2D eigenvalue weighted by molar-refractivity contribution is 5.91. The van der Waals surface area contributed by atoms with Crippen molar-refractivity contribution in [2.24, 2.45) is 0 Å². The molecule has 3 N–H and O–H groups in total. The number of carbonyl (C=O) groups excluding carboxylic acids is 1. The minimum atomic E-state index is 0.0124. The van der Waals surface area contributed by atoms with Crippen LogP contribution in [-0.4, -0.2) is 12.5 Å². The first-order valence-electron chi connectivity index (χ1n) is 8.03. The summed E-state index contributed by atoms with van der Waals surface area (Å²) < 4.78 is 5.42. The average molecular weight is 312 g/mol. The Morgan fingerprint density at radius 2 is 1.96 bits per heavy atom. The van der Waals surface area contributed by atoms with Gasteiger partial charge in [-0.15, -0.1) is 0 Å². The molecule has 0 unspecified atom stereocenters. The largest absolute Gasteiger partial charge is 0.492 e. The molecule has 0 aliphatic carbocycles. The number of nitrogen functional groups attached to an aromatic ring is 1. The van der Waals surface area contributed by atoms with Gasteiger partial charge in [0.15, 0.2) is 0 Å². The van der Waals surface area contributed by atoms with Crippen molar-refractivity contribution in [3.05, 3.63) is 53.6 Å². The maximum absolute atomic E-state index is 12.1. The van der Waals surface area contributed by atoms with Crippen molar-refractivity contribution in [3.8, 4) is 5.75 Å². The predicted molar refractivity (Wildman–Crippen MR) is 94.8 cm³/mol. The number of amides is 1. The topological polar surface area (TPSA) is 64.3 Å². The fourth-order valence-electron chi connectivity index (χ4n) is 2.46. The van der Waals surface area contributed by atoms with Gasteiger partial charge in [0.1, 0.15) is 5.75 Å². The number of nitrogens with two attached hydrogens (primary N) is 1. The van der Waals surface area contributed by atoms with E-state index < -0.39 is 0 Å². The van der Waals surface area contributed by atoms with Gasteiger partial charge in [0.25, 0.3) is 0 Å². The van der Waals surface area contributed by atoms with Gasteiger partial charge in [0.05, 0.1) is 12.3 Å². The van der Waals surface area contributed by atoms with Crippen LogP contribution in [0.2, 0.25) is 0 Å². The van der Waals surface area contributed by atoms with Gasteiger partial charge >= 0.3 is 0 Å². The summed E-state index contributed by atoms with van der Waals surface area (Å²) in [5, 5.41) is 2.98. The zero-order valence-electron chi connectivity index (χ0n) is 13.8. The molecule has 2 aromatic carbocycles. The molecular formula is C19H24N2O2. The summed E-state index contributed by atoms with van der Waals surface area (Å²) in [5.41, 5.74) is 9.63. The van der Waals surface area contributed by atoms with Crippen LogP contribution in [0.15, 0.2) is 42.5 Å². The molecule has 0 atom stereocenters.